The van der Waals surface area contributed by atoms with Crippen molar-refractivity contribution in [3.63, 3.8) is 0 Å². The quantitative estimate of drug-likeness (QED) is 0.254. The molecule has 166 valence electrons. The summed E-state index contributed by atoms with van der Waals surface area (Å²) in [6, 6.07) is 7.35. The van der Waals surface area contributed by atoms with E-state index in [-0.39, 0.29) is 30.1 Å². The Bertz CT molecular complexity index is 627. The van der Waals surface area contributed by atoms with Crippen LogP contribution in [0.3, 0.4) is 0 Å². The highest BCUT2D eigenvalue weighted by Gasteiger charge is 2.25. The van der Waals surface area contributed by atoms with Crippen LogP contribution in [-0.4, -0.2) is 80.2 Å². The van der Waals surface area contributed by atoms with Crippen molar-refractivity contribution in [1.82, 2.24) is 15.5 Å². The number of β-amino-alcohol motifs (C(OH)–C–C–N with tert-alkyl or cyclic N) is 1. The molecule has 1 aromatic carbocycles. The number of hydrogen-bond acceptors (Lipinski definition) is 5. The minimum atomic E-state index is -0.900. The summed E-state index contributed by atoms with van der Waals surface area (Å²) in [5, 5.41) is 17.8. The summed E-state index contributed by atoms with van der Waals surface area (Å²) >= 11 is 5.99. The number of aliphatic hydroxyl groups is 1. The molecule has 0 aromatic heterocycles. The molecule has 0 bridgehead atoms. The molecule has 7 nitrogen and oxygen atoms in total. The van der Waals surface area contributed by atoms with E-state index in [1.54, 1.807) is 6.07 Å². The second-order valence-electron chi connectivity index (χ2n) is 7.35. The summed E-state index contributed by atoms with van der Waals surface area (Å²) in [4.78, 5) is 6.76. The van der Waals surface area contributed by atoms with Crippen LogP contribution in [0.5, 0.6) is 5.75 Å². The zero-order valence-electron chi connectivity index (χ0n) is 17.5. The van der Waals surface area contributed by atoms with Crippen molar-refractivity contribution in [1.29, 1.82) is 0 Å². The molecule has 2 atom stereocenters. The number of benzene rings is 1. The van der Waals surface area contributed by atoms with E-state index in [1.165, 1.54) is 0 Å². The predicted octanol–water partition coefficient (Wildman–Crippen LogP) is 2.36. The number of rotatable bonds is 9. The third-order valence-corrected chi connectivity index (χ3v) is 4.52. The SMILES string of the molecule is CCNC(=NCC(C)(O)CN1CCOCC1)NCC(C)Oc1cccc(Cl)c1.I. The van der Waals surface area contributed by atoms with Crippen molar-refractivity contribution in [3.8, 4) is 5.75 Å². The van der Waals surface area contributed by atoms with E-state index in [0.717, 1.165) is 25.4 Å². The first kappa shape index (κ1) is 26.2. The van der Waals surface area contributed by atoms with Gasteiger partial charge in [0.15, 0.2) is 5.96 Å². The molecule has 0 saturated carbocycles. The Labute approximate surface area is 196 Å². The van der Waals surface area contributed by atoms with E-state index < -0.39 is 5.60 Å². The molecule has 9 heteroatoms. The molecule has 0 aliphatic carbocycles. The number of nitrogens with one attached hydrogen (secondary N) is 2. The van der Waals surface area contributed by atoms with E-state index in [2.05, 4.69) is 20.5 Å². The third-order valence-electron chi connectivity index (χ3n) is 4.28. The van der Waals surface area contributed by atoms with Crippen molar-refractivity contribution in [2.24, 2.45) is 4.99 Å². The van der Waals surface area contributed by atoms with Gasteiger partial charge >= 0.3 is 0 Å². The van der Waals surface area contributed by atoms with Crippen LogP contribution in [0.4, 0.5) is 0 Å². The molecule has 29 heavy (non-hydrogen) atoms. The average Bonchev–Trinajstić information content (AvgIpc) is 2.64. The average molecular weight is 541 g/mol. The summed E-state index contributed by atoms with van der Waals surface area (Å²) in [6.07, 6.45) is -0.0730. The van der Waals surface area contributed by atoms with Crippen molar-refractivity contribution in [3.05, 3.63) is 29.3 Å². The van der Waals surface area contributed by atoms with Crippen LogP contribution in [-0.2, 0) is 4.74 Å². The molecule has 0 spiro atoms. The maximum Gasteiger partial charge on any atom is 0.191 e. The molecule has 1 heterocycles. The molecule has 0 radical (unpaired) electrons. The topological polar surface area (TPSA) is 78.4 Å². The van der Waals surface area contributed by atoms with Gasteiger partial charge < -0.3 is 25.2 Å². The van der Waals surface area contributed by atoms with Gasteiger partial charge in [-0.3, -0.25) is 9.89 Å². The lowest BCUT2D eigenvalue weighted by molar-refractivity contribution is -0.0180. The van der Waals surface area contributed by atoms with Gasteiger partial charge in [-0.2, -0.15) is 0 Å². The Morgan fingerprint density at radius 3 is 2.76 bits per heavy atom. The summed E-state index contributed by atoms with van der Waals surface area (Å²) in [6.45, 7) is 11.1. The lowest BCUT2D eigenvalue weighted by atomic mass is 10.1. The second-order valence-corrected chi connectivity index (χ2v) is 7.78. The summed E-state index contributed by atoms with van der Waals surface area (Å²) in [5.41, 5.74) is -0.900. The number of ether oxygens (including phenoxy) is 2. The van der Waals surface area contributed by atoms with Gasteiger partial charge in [0.1, 0.15) is 11.9 Å². The minimum Gasteiger partial charge on any atom is -0.489 e. The Morgan fingerprint density at radius 2 is 2.10 bits per heavy atom. The first-order chi connectivity index (χ1) is 13.4. The lowest BCUT2D eigenvalue weighted by Crippen LogP contribution is -2.48. The maximum atomic E-state index is 10.7. The van der Waals surface area contributed by atoms with Gasteiger partial charge in [0.25, 0.3) is 0 Å². The van der Waals surface area contributed by atoms with Gasteiger partial charge in [-0.25, -0.2) is 0 Å². The van der Waals surface area contributed by atoms with Gasteiger partial charge in [0, 0.05) is 31.2 Å². The fourth-order valence-electron chi connectivity index (χ4n) is 2.94. The minimum absolute atomic E-state index is 0. The maximum absolute atomic E-state index is 10.7. The van der Waals surface area contributed by atoms with Gasteiger partial charge in [-0.15, -0.1) is 24.0 Å². The zero-order chi connectivity index (χ0) is 20.4. The number of hydrogen-bond donors (Lipinski definition) is 3. The number of halogens is 2. The molecule has 3 N–H and O–H groups in total. The highest BCUT2D eigenvalue weighted by molar-refractivity contribution is 14.0. The first-order valence-corrected chi connectivity index (χ1v) is 10.2. The van der Waals surface area contributed by atoms with Crippen molar-refractivity contribution < 1.29 is 14.6 Å². The standard InChI is InChI=1S/C20H33ClN4O3.HI/c1-4-22-19(23-13-16(2)28-18-7-5-6-17(21)12-18)24-14-20(3,26)15-25-8-10-27-11-9-25;/h5-7,12,16,26H,4,8-11,13-15H2,1-3H3,(H2,22,23,24);1H. The fourth-order valence-corrected chi connectivity index (χ4v) is 3.12. The van der Waals surface area contributed by atoms with E-state index in [9.17, 15) is 5.11 Å². The molecule has 1 aliphatic rings. The van der Waals surface area contributed by atoms with Crippen LogP contribution in [0.15, 0.2) is 29.3 Å². The number of aliphatic imine (C=N–C) groups is 1. The Hall–Kier alpha value is -0.810. The van der Waals surface area contributed by atoms with E-state index >= 15 is 0 Å². The van der Waals surface area contributed by atoms with Crippen LogP contribution in [0, 0.1) is 0 Å². The Morgan fingerprint density at radius 1 is 1.38 bits per heavy atom. The second kappa shape index (κ2) is 13.5. The van der Waals surface area contributed by atoms with E-state index in [0.29, 0.717) is 43.8 Å². The third kappa shape index (κ3) is 10.7. The highest BCUT2D eigenvalue weighted by Crippen LogP contribution is 2.18. The van der Waals surface area contributed by atoms with Gasteiger partial charge in [0.2, 0.25) is 0 Å². The molecule has 0 amide bonds. The summed E-state index contributed by atoms with van der Waals surface area (Å²) < 4.78 is 11.2. The molecule has 2 rings (SSSR count). The van der Waals surface area contributed by atoms with Gasteiger partial charge in [0.05, 0.1) is 31.9 Å². The van der Waals surface area contributed by atoms with Crippen LogP contribution in [0.2, 0.25) is 5.02 Å². The molecule has 1 aliphatic heterocycles. The number of guanidine groups is 1. The lowest BCUT2D eigenvalue weighted by Gasteiger charge is -2.33. The van der Waals surface area contributed by atoms with E-state index in [1.807, 2.05) is 39.0 Å². The van der Waals surface area contributed by atoms with Crippen LogP contribution in [0.25, 0.3) is 0 Å². The highest BCUT2D eigenvalue weighted by atomic mass is 127. The predicted molar refractivity (Wildman–Crippen MR) is 129 cm³/mol. The number of nitrogens with zero attached hydrogens (tertiary/aromatic N) is 2. The first-order valence-electron chi connectivity index (χ1n) is 9.85. The van der Waals surface area contributed by atoms with Crippen molar-refractivity contribution in [2.75, 3.05) is 52.5 Å². The fraction of sp³-hybridized carbons (Fsp3) is 0.650. The zero-order valence-corrected chi connectivity index (χ0v) is 20.6. The Kier molecular flexibility index (Phi) is 12.2. The van der Waals surface area contributed by atoms with Crippen LogP contribution >= 0.6 is 35.6 Å². The molecular weight excluding hydrogens is 507 g/mol. The normalized spacial score (nSPS) is 18.3. The molecular formula is C20H34ClIN4O3. The van der Waals surface area contributed by atoms with Crippen molar-refractivity contribution in [2.45, 2.75) is 32.5 Å². The Balaban J connectivity index is 0.00000420. The molecule has 1 fully saturated rings. The smallest absolute Gasteiger partial charge is 0.191 e. The van der Waals surface area contributed by atoms with Crippen LogP contribution in [0.1, 0.15) is 20.8 Å². The molecule has 1 aromatic rings. The summed E-state index contributed by atoms with van der Waals surface area (Å²) in [7, 11) is 0. The number of morpholine rings is 1. The monoisotopic (exact) mass is 540 g/mol. The summed E-state index contributed by atoms with van der Waals surface area (Å²) in [5.74, 6) is 1.39. The molecule has 2 unspecified atom stereocenters. The van der Waals surface area contributed by atoms with E-state index in [4.69, 9.17) is 21.1 Å². The van der Waals surface area contributed by atoms with Crippen molar-refractivity contribution >= 4 is 41.5 Å². The largest absolute Gasteiger partial charge is 0.489 e. The van der Waals surface area contributed by atoms with Gasteiger partial charge in [-0.1, -0.05) is 17.7 Å². The van der Waals surface area contributed by atoms with Crippen LogP contribution < -0.4 is 15.4 Å². The molecule has 1 saturated heterocycles. The van der Waals surface area contributed by atoms with Gasteiger partial charge in [-0.05, 0) is 39.0 Å².